The molecule has 0 aliphatic rings. The minimum Gasteiger partial charge on any atom is -0.480 e. The summed E-state index contributed by atoms with van der Waals surface area (Å²) in [6.45, 7) is 2.23. The van der Waals surface area contributed by atoms with E-state index in [-0.39, 0.29) is 5.91 Å². The van der Waals surface area contributed by atoms with Gasteiger partial charge in [-0.2, -0.15) is 0 Å². The predicted octanol–water partition coefficient (Wildman–Crippen LogP) is 1.26. The van der Waals surface area contributed by atoms with Crippen LogP contribution in [0.4, 0.5) is 0 Å². The number of carboxylic acids is 1. The van der Waals surface area contributed by atoms with Gasteiger partial charge in [0.1, 0.15) is 6.04 Å². The number of aliphatic carboxylic acids is 1. The second kappa shape index (κ2) is 7.81. The lowest BCUT2D eigenvalue weighted by atomic mass is 10.1. The molecule has 104 valence electrons. The number of carbonyl (C=O) groups excluding carboxylic acids is 1. The van der Waals surface area contributed by atoms with Gasteiger partial charge in [0.25, 0.3) is 0 Å². The number of carboxylic acid groups (broad SMARTS) is 1. The third-order valence-corrected chi connectivity index (χ3v) is 3.29. The predicted molar refractivity (Wildman–Crippen MR) is 75.3 cm³/mol. The smallest absolute Gasteiger partial charge is 0.325 e. The Balaban J connectivity index is 2.60. The van der Waals surface area contributed by atoms with Gasteiger partial charge >= 0.3 is 5.97 Å². The zero-order valence-electron chi connectivity index (χ0n) is 11.0. The van der Waals surface area contributed by atoms with Gasteiger partial charge in [-0.1, -0.05) is 12.1 Å². The van der Waals surface area contributed by atoms with Gasteiger partial charge in [0, 0.05) is 24.9 Å². The molecule has 6 heteroatoms. The fourth-order valence-corrected chi connectivity index (χ4v) is 2.01. The lowest BCUT2D eigenvalue weighted by molar-refractivity contribution is -0.139. The standard InChI is InChI=1S/C13H18N2O3S/c1-9(16)14-7-8-15-12(13(17)18)10-3-5-11(19-2)6-4-10/h3-6,12,15H,7-8H2,1-2H3,(H,14,16)(H,17,18). The number of thioether (sulfide) groups is 1. The van der Waals surface area contributed by atoms with E-state index in [1.54, 1.807) is 23.9 Å². The molecule has 5 nitrogen and oxygen atoms in total. The molecule has 0 radical (unpaired) electrons. The topological polar surface area (TPSA) is 78.4 Å². The van der Waals surface area contributed by atoms with Crippen LogP contribution in [-0.4, -0.2) is 36.3 Å². The number of amides is 1. The minimum absolute atomic E-state index is 0.127. The van der Waals surface area contributed by atoms with E-state index in [4.69, 9.17) is 0 Å². The van der Waals surface area contributed by atoms with Gasteiger partial charge in [-0.05, 0) is 24.0 Å². The first-order valence-corrected chi connectivity index (χ1v) is 7.11. The molecule has 1 unspecified atom stereocenters. The van der Waals surface area contributed by atoms with Crippen LogP contribution < -0.4 is 10.6 Å². The Morgan fingerprint density at radius 3 is 2.37 bits per heavy atom. The van der Waals surface area contributed by atoms with E-state index in [0.717, 1.165) is 4.90 Å². The van der Waals surface area contributed by atoms with Crippen molar-refractivity contribution >= 4 is 23.6 Å². The highest BCUT2D eigenvalue weighted by molar-refractivity contribution is 7.98. The normalized spacial score (nSPS) is 11.9. The summed E-state index contributed by atoms with van der Waals surface area (Å²) in [5.41, 5.74) is 0.702. The van der Waals surface area contributed by atoms with Crippen LogP contribution in [0.5, 0.6) is 0 Å². The number of hydrogen-bond donors (Lipinski definition) is 3. The van der Waals surface area contributed by atoms with Gasteiger partial charge in [0.05, 0.1) is 0 Å². The van der Waals surface area contributed by atoms with Crippen LogP contribution in [0, 0.1) is 0 Å². The van der Waals surface area contributed by atoms with Gasteiger partial charge in [-0.25, -0.2) is 0 Å². The molecule has 1 amide bonds. The van der Waals surface area contributed by atoms with Crippen LogP contribution in [0.3, 0.4) is 0 Å². The molecule has 0 aliphatic heterocycles. The third-order valence-electron chi connectivity index (χ3n) is 2.54. The molecule has 0 heterocycles. The zero-order valence-corrected chi connectivity index (χ0v) is 11.8. The van der Waals surface area contributed by atoms with Gasteiger partial charge < -0.3 is 10.4 Å². The van der Waals surface area contributed by atoms with Crippen molar-refractivity contribution in [2.45, 2.75) is 17.9 Å². The summed E-state index contributed by atoms with van der Waals surface area (Å²) in [5, 5.41) is 14.7. The first kappa shape index (κ1) is 15.5. The van der Waals surface area contributed by atoms with E-state index >= 15 is 0 Å². The number of rotatable bonds is 7. The van der Waals surface area contributed by atoms with E-state index in [0.29, 0.717) is 18.7 Å². The molecule has 0 bridgehead atoms. The number of nitrogens with one attached hydrogen (secondary N) is 2. The van der Waals surface area contributed by atoms with Crippen LogP contribution in [0.1, 0.15) is 18.5 Å². The summed E-state index contributed by atoms with van der Waals surface area (Å²) in [6, 6.07) is 6.63. The average molecular weight is 282 g/mol. The van der Waals surface area contributed by atoms with E-state index in [1.165, 1.54) is 6.92 Å². The highest BCUT2D eigenvalue weighted by Gasteiger charge is 2.18. The summed E-state index contributed by atoms with van der Waals surface area (Å²) in [6.07, 6.45) is 1.97. The third kappa shape index (κ3) is 5.32. The van der Waals surface area contributed by atoms with Crippen molar-refractivity contribution in [2.75, 3.05) is 19.3 Å². The van der Waals surface area contributed by atoms with Crippen LogP contribution in [0.25, 0.3) is 0 Å². The van der Waals surface area contributed by atoms with Crippen molar-refractivity contribution in [3.8, 4) is 0 Å². The van der Waals surface area contributed by atoms with Crippen LogP contribution >= 0.6 is 11.8 Å². The van der Waals surface area contributed by atoms with Crippen molar-refractivity contribution in [3.05, 3.63) is 29.8 Å². The molecule has 0 aliphatic carbocycles. The molecule has 1 aromatic rings. The maximum Gasteiger partial charge on any atom is 0.325 e. The number of benzene rings is 1. The summed E-state index contributed by atoms with van der Waals surface area (Å²) >= 11 is 1.61. The van der Waals surface area contributed by atoms with E-state index in [9.17, 15) is 14.7 Å². The van der Waals surface area contributed by atoms with Gasteiger partial charge in [0.15, 0.2) is 0 Å². The molecule has 19 heavy (non-hydrogen) atoms. The van der Waals surface area contributed by atoms with Crippen molar-refractivity contribution in [1.82, 2.24) is 10.6 Å². The van der Waals surface area contributed by atoms with Crippen molar-refractivity contribution in [3.63, 3.8) is 0 Å². The quantitative estimate of drug-likeness (QED) is 0.518. The molecule has 0 fully saturated rings. The average Bonchev–Trinajstić information content (AvgIpc) is 2.38. The highest BCUT2D eigenvalue weighted by atomic mass is 32.2. The molecule has 0 aromatic heterocycles. The molecule has 1 rings (SSSR count). The first-order chi connectivity index (χ1) is 9.04. The van der Waals surface area contributed by atoms with Gasteiger partial charge in [0.2, 0.25) is 5.91 Å². The lowest BCUT2D eigenvalue weighted by Gasteiger charge is -2.15. The van der Waals surface area contributed by atoms with Gasteiger partial charge in [-0.3, -0.25) is 14.9 Å². The summed E-state index contributed by atoms with van der Waals surface area (Å²) < 4.78 is 0. The molecule has 1 atom stereocenters. The van der Waals surface area contributed by atoms with E-state index < -0.39 is 12.0 Å². The fraction of sp³-hybridized carbons (Fsp3) is 0.385. The Bertz CT molecular complexity index is 434. The van der Waals surface area contributed by atoms with Gasteiger partial charge in [-0.15, -0.1) is 11.8 Å². The Morgan fingerprint density at radius 2 is 1.89 bits per heavy atom. The number of hydrogen-bond acceptors (Lipinski definition) is 4. The first-order valence-electron chi connectivity index (χ1n) is 5.89. The summed E-state index contributed by atoms with van der Waals surface area (Å²) in [5.74, 6) is -1.06. The maximum absolute atomic E-state index is 11.2. The fourth-order valence-electron chi connectivity index (χ4n) is 1.60. The van der Waals surface area contributed by atoms with E-state index in [2.05, 4.69) is 10.6 Å². The molecule has 0 spiro atoms. The Hall–Kier alpha value is -1.53. The Labute approximate surface area is 116 Å². The summed E-state index contributed by atoms with van der Waals surface area (Å²) in [7, 11) is 0. The molecular formula is C13H18N2O3S. The van der Waals surface area contributed by atoms with Crippen molar-refractivity contribution in [2.24, 2.45) is 0 Å². The Morgan fingerprint density at radius 1 is 1.26 bits per heavy atom. The highest BCUT2D eigenvalue weighted by Crippen LogP contribution is 2.19. The molecular weight excluding hydrogens is 264 g/mol. The Kier molecular flexibility index (Phi) is 6.38. The summed E-state index contributed by atoms with van der Waals surface area (Å²) in [4.78, 5) is 23.0. The maximum atomic E-state index is 11.2. The van der Waals surface area contributed by atoms with Crippen molar-refractivity contribution < 1.29 is 14.7 Å². The van der Waals surface area contributed by atoms with Crippen molar-refractivity contribution in [1.29, 1.82) is 0 Å². The van der Waals surface area contributed by atoms with Crippen LogP contribution in [-0.2, 0) is 9.59 Å². The van der Waals surface area contributed by atoms with E-state index in [1.807, 2.05) is 18.4 Å². The van der Waals surface area contributed by atoms with Crippen LogP contribution in [0.2, 0.25) is 0 Å². The second-order valence-electron chi connectivity index (χ2n) is 3.98. The monoisotopic (exact) mass is 282 g/mol. The van der Waals surface area contributed by atoms with Crippen LogP contribution in [0.15, 0.2) is 29.2 Å². The molecule has 0 saturated carbocycles. The largest absolute Gasteiger partial charge is 0.480 e. The molecule has 1 aromatic carbocycles. The second-order valence-corrected chi connectivity index (χ2v) is 4.86. The number of carbonyl (C=O) groups is 2. The zero-order chi connectivity index (χ0) is 14.3. The molecule has 0 saturated heterocycles. The SMILES string of the molecule is CSc1ccc(C(NCCNC(C)=O)C(=O)O)cc1. The minimum atomic E-state index is -0.931. The lowest BCUT2D eigenvalue weighted by Crippen LogP contribution is -2.35. The molecule has 3 N–H and O–H groups in total.